The van der Waals surface area contributed by atoms with Crippen molar-refractivity contribution >= 4 is 31.4 Å². The molecule has 0 aliphatic carbocycles. The lowest BCUT2D eigenvalue weighted by atomic mass is 10.0. The van der Waals surface area contributed by atoms with Crippen LogP contribution in [0.5, 0.6) is 11.5 Å². The van der Waals surface area contributed by atoms with Crippen LogP contribution in [0.25, 0.3) is 0 Å². The number of ether oxygens (including phenoxy) is 2. The first kappa shape index (κ1) is 24.4. The molecule has 0 spiro atoms. The number of para-hydroxylation sites is 2. The number of hydrogen-bond donors (Lipinski definition) is 2. The highest BCUT2D eigenvalue weighted by Crippen LogP contribution is 2.32. The molecule has 10 heteroatoms. The van der Waals surface area contributed by atoms with Crippen molar-refractivity contribution in [2.45, 2.75) is 29.6 Å². The minimum Gasteiger partial charge on any atom is -0.495 e. The molecule has 0 aromatic heterocycles. The van der Waals surface area contributed by atoms with Gasteiger partial charge in [0, 0.05) is 0 Å². The van der Waals surface area contributed by atoms with Crippen LogP contribution in [0, 0.1) is 0 Å². The first-order valence-corrected chi connectivity index (χ1v) is 13.0. The fraction of sp³-hybridized carbons (Fsp3) is 0.217. The van der Waals surface area contributed by atoms with Gasteiger partial charge in [-0.1, -0.05) is 38.1 Å². The molecular weight excluding hydrogens is 464 g/mol. The maximum absolute atomic E-state index is 13.0. The van der Waals surface area contributed by atoms with Crippen molar-refractivity contribution < 1.29 is 26.3 Å². The van der Waals surface area contributed by atoms with Crippen molar-refractivity contribution in [3.8, 4) is 11.5 Å². The Morgan fingerprint density at radius 1 is 0.667 bits per heavy atom. The van der Waals surface area contributed by atoms with Crippen LogP contribution in [-0.2, 0) is 20.0 Å². The van der Waals surface area contributed by atoms with Gasteiger partial charge in [-0.2, -0.15) is 0 Å². The van der Waals surface area contributed by atoms with Gasteiger partial charge in [0.15, 0.2) is 0 Å². The van der Waals surface area contributed by atoms with E-state index < -0.39 is 20.0 Å². The first-order valence-electron chi connectivity index (χ1n) is 10.0. The Morgan fingerprint density at radius 2 is 1.18 bits per heavy atom. The highest BCUT2D eigenvalue weighted by Gasteiger charge is 2.22. The van der Waals surface area contributed by atoms with Crippen LogP contribution in [0.3, 0.4) is 0 Å². The minimum absolute atomic E-state index is 0.00617. The van der Waals surface area contributed by atoms with Gasteiger partial charge in [-0.25, -0.2) is 16.8 Å². The van der Waals surface area contributed by atoms with E-state index in [0.29, 0.717) is 5.75 Å². The molecule has 2 N–H and O–H groups in total. The number of hydrogen-bond acceptors (Lipinski definition) is 6. The molecule has 33 heavy (non-hydrogen) atoms. The summed E-state index contributed by atoms with van der Waals surface area (Å²) < 4.78 is 67.1. The van der Waals surface area contributed by atoms with E-state index in [4.69, 9.17) is 9.47 Å². The molecule has 8 nitrogen and oxygen atoms in total. The van der Waals surface area contributed by atoms with Crippen LogP contribution < -0.4 is 18.9 Å². The van der Waals surface area contributed by atoms with Gasteiger partial charge in [-0.15, -0.1) is 0 Å². The third-order valence-electron chi connectivity index (χ3n) is 4.93. The quantitative estimate of drug-likeness (QED) is 0.459. The van der Waals surface area contributed by atoms with E-state index in [0.717, 1.165) is 5.56 Å². The molecule has 0 fully saturated rings. The SMILES string of the molecule is COc1ccccc1NS(=O)(=O)c1ccc(OC)c(NS(=O)(=O)c2ccc(C(C)C)cc2)c1. The van der Waals surface area contributed by atoms with Gasteiger partial charge in [0.1, 0.15) is 11.5 Å². The zero-order valence-corrected chi connectivity index (χ0v) is 20.3. The molecule has 0 aliphatic heterocycles. The standard InChI is InChI=1S/C23H26N2O6S2/c1-16(2)17-9-11-18(12-10-17)32(26,27)25-21-15-19(13-14-23(21)31-4)33(28,29)24-20-7-5-6-8-22(20)30-3/h5-16,24-25H,1-4H3. The second-order valence-electron chi connectivity index (χ2n) is 7.50. The van der Waals surface area contributed by atoms with Crippen molar-refractivity contribution in [3.63, 3.8) is 0 Å². The summed E-state index contributed by atoms with van der Waals surface area (Å²) in [5, 5.41) is 0. The Hall–Kier alpha value is -3.24. The van der Waals surface area contributed by atoms with Crippen molar-refractivity contribution in [1.82, 2.24) is 0 Å². The molecule has 0 saturated heterocycles. The Balaban J connectivity index is 1.95. The molecule has 0 heterocycles. The summed E-state index contributed by atoms with van der Waals surface area (Å²) in [6.07, 6.45) is 0. The van der Waals surface area contributed by atoms with E-state index in [1.54, 1.807) is 36.4 Å². The maximum atomic E-state index is 13.0. The zero-order chi connectivity index (χ0) is 24.2. The van der Waals surface area contributed by atoms with Crippen molar-refractivity contribution in [2.75, 3.05) is 23.7 Å². The summed E-state index contributed by atoms with van der Waals surface area (Å²) >= 11 is 0. The van der Waals surface area contributed by atoms with Crippen LogP contribution in [0.4, 0.5) is 11.4 Å². The monoisotopic (exact) mass is 490 g/mol. The normalized spacial score (nSPS) is 11.8. The number of methoxy groups -OCH3 is 2. The summed E-state index contributed by atoms with van der Waals surface area (Å²) in [7, 11) is -5.24. The van der Waals surface area contributed by atoms with Gasteiger partial charge < -0.3 is 9.47 Å². The molecule has 0 radical (unpaired) electrons. The molecule has 0 saturated carbocycles. The van der Waals surface area contributed by atoms with E-state index in [-0.39, 0.29) is 32.8 Å². The Kier molecular flexibility index (Phi) is 7.19. The third kappa shape index (κ3) is 5.58. The van der Waals surface area contributed by atoms with Crippen molar-refractivity contribution in [2.24, 2.45) is 0 Å². The van der Waals surface area contributed by atoms with E-state index in [9.17, 15) is 16.8 Å². The lowest BCUT2D eigenvalue weighted by Crippen LogP contribution is -2.16. The number of sulfonamides is 2. The first-order chi connectivity index (χ1) is 15.6. The summed E-state index contributed by atoms with van der Waals surface area (Å²) in [6.45, 7) is 4.02. The topological polar surface area (TPSA) is 111 Å². The number of anilines is 2. The summed E-state index contributed by atoms with van der Waals surface area (Å²) in [5.41, 5.74) is 1.25. The van der Waals surface area contributed by atoms with Crippen molar-refractivity contribution in [3.05, 3.63) is 72.3 Å². The third-order valence-corrected chi connectivity index (χ3v) is 7.68. The Bertz CT molecular complexity index is 1340. The minimum atomic E-state index is -4.05. The van der Waals surface area contributed by atoms with Crippen LogP contribution in [0.1, 0.15) is 25.3 Å². The molecule has 0 atom stereocenters. The average molecular weight is 491 g/mol. The van der Waals surface area contributed by atoms with Gasteiger partial charge in [0.05, 0.1) is 35.4 Å². The summed E-state index contributed by atoms with van der Waals surface area (Å²) in [5.74, 6) is 0.779. The van der Waals surface area contributed by atoms with E-state index in [1.165, 1.54) is 44.6 Å². The van der Waals surface area contributed by atoms with Crippen LogP contribution in [0.2, 0.25) is 0 Å². The molecule has 3 aromatic carbocycles. The largest absolute Gasteiger partial charge is 0.495 e. The van der Waals surface area contributed by atoms with E-state index >= 15 is 0 Å². The van der Waals surface area contributed by atoms with Gasteiger partial charge in [-0.3, -0.25) is 9.44 Å². The fourth-order valence-electron chi connectivity index (χ4n) is 3.10. The van der Waals surface area contributed by atoms with Crippen LogP contribution in [0.15, 0.2) is 76.5 Å². The van der Waals surface area contributed by atoms with E-state index in [2.05, 4.69) is 9.44 Å². The molecule has 3 aromatic rings. The predicted octanol–water partition coefficient (Wildman–Crippen LogP) is 4.43. The molecule has 0 bridgehead atoms. The van der Waals surface area contributed by atoms with Crippen LogP contribution >= 0.6 is 0 Å². The molecule has 0 unspecified atom stereocenters. The fourth-order valence-corrected chi connectivity index (χ4v) is 5.26. The smallest absolute Gasteiger partial charge is 0.262 e. The molecule has 0 amide bonds. The van der Waals surface area contributed by atoms with Crippen molar-refractivity contribution in [1.29, 1.82) is 0 Å². The van der Waals surface area contributed by atoms with Gasteiger partial charge in [-0.05, 0) is 53.9 Å². The summed E-state index contributed by atoms with van der Waals surface area (Å²) in [4.78, 5) is -0.101. The lowest BCUT2D eigenvalue weighted by Gasteiger charge is -2.15. The molecule has 3 rings (SSSR count). The van der Waals surface area contributed by atoms with Gasteiger partial charge in [0.25, 0.3) is 20.0 Å². The van der Waals surface area contributed by atoms with Gasteiger partial charge in [0.2, 0.25) is 0 Å². The lowest BCUT2D eigenvalue weighted by molar-refractivity contribution is 0.416. The number of benzene rings is 3. The summed E-state index contributed by atoms with van der Waals surface area (Å²) in [6, 6.07) is 17.0. The second-order valence-corrected chi connectivity index (χ2v) is 10.9. The van der Waals surface area contributed by atoms with Gasteiger partial charge >= 0.3 is 0 Å². The molecule has 176 valence electrons. The number of nitrogens with one attached hydrogen (secondary N) is 2. The highest BCUT2D eigenvalue weighted by atomic mass is 32.2. The number of rotatable bonds is 9. The zero-order valence-electron chi connectivity index (χ0n) is 18.7. The highest BCUT2D eigenvalue weighted by molar-refractivity contribution is 7.93. The maximum Gasteiger partial charge on any atom is 0.262 e. The Labute approximate surface area is 194 Å². The Morgan fingerprint density at radius 3 is 1.79 bits per heavy atom. The van der Waals surface area contributed by atoms with Crippen LogP contribution in [-0.4, -0.2) is 31.1 Å². The van der Waals surface area contributed by atoms with E-state index in [1.807, 2.05) is 13.8 Å². The average Bonchev–Trinajstić information content (AvgIpc) is 2.79. The molecular formula is C23H26N2O6S2. The predicted molar refractivity (Wildman–Crippen MR) is 128 cm³/mol. The molecule has 0 aliphatic rings. The second kappa shape index (κ2) is 9.72.